The lowest BCUT2D eigenvalue weighted by atomic mass is 10.2. The molecule has 0 spiro atoms. The van der Waals surface area contributed by atoms with E-state index in [9.17, 15) is 0 Å². The summed E-state index contributed by atoms with van der Waals surface area (Å²) in [5.41, 5.74) is 6.56. The minimum absolute atomic E-state index is 0. The van der Waals surface area contributed by atoms with E-state index in [1.165, 1.54) is 0 Å². The molecule has 0 amide bonds. The summed E-state index contributed by atoms with van der Waals surface area (Å²) in [6, 6.07) is 5.76. The van der Waals surface area contributed by atoms with E-state index < -0.39 is 5.79 Å². The molecule has 2 rings (SSSR count). The molecule has 78 valence electrons. The van der Waals surface area contributed by atoms with E-state index in [1.807, 2.05) is 32.0 Å². The summed E-state index contributed by atoms with van der Waals surface area (Å²) in [5.74, 6) is 1.01. The maximum atomic E-state index is 5.61. The quantitative estimate of drug-likeness (QED) is 0.780. The van der Waals surface area contributed by atoms with Crippen molar-refractivity contribution in [3.63, 3.8) is 0 Å². The average molecular weight is 216 g/mol. The van der Waals surface area contributed by atoms with Crippen molar-refractivity contribution in [2.24, 2.45) is 5.73 Å². The first-order valence-corrected chi connectivity index (χ1v) is 4.32. The third-order valence-corrected chi connectivity index (χ3v) is 1.98. The molecule has 1 aromatic rings. The number of benzene rings is 1. The molecule has 0 unspecified atom stereocenters. The van der Waals surface area contributed by atoms with Crippen LogP contribution < -0.4 is 15.2 Å². The summed E-state index contributed by atoms with van der Waals surface area (Å²) in [4.78, 5) is 0. The van der Waals surface area contributed by atoms with Gasteiger partial charge in [0.05, 0.1) is 0 Å². The zero-order chi connectivity index (χ0) is 9.47. The molecule has 1 aromatic carbocycles. The van der Waals surface area contributed by atoms with Crippen LogP contribution in [-0.2, 0) is 6.54 Å². The smallest absolute Gasteiger partial charge is 0.246 e. The number of hydrogen-bond donors (Lipinski definition) is 1. The van der Waals surface area contributed by atoms with Crippen molar-refractivity contribution >= 4 is 12.4 Å². The van der Waals surface area contributed by atoms with Gasteiger partial charge in [0.2, 0.25) is 5.79 Å². The Balaban J connectivity index is 0.000000980. The lowest BCUT2D eigenvalue weighted by molar-refractivity contribution is -0.0434. The van der Waals surface area contributed by atoms with E-state index >= 15 is 0 Å². The first kappa shape index (κ1) is 11.1. The molecule has 0 saturated carbocycles. The Kier molecular flexibility index (Phi) is 2.92. The number of rotatable bonds is 1. The first-order chi connectivity index (χ1) is 6.12. The molecule has 2 N–H and O–H groups in total. The summed E-state index contributed by atoms with van der Waals surface area (Å²) in [6.07, 6.45) is 0. The van der Waals surface area contributed by atoms with Gasteiger partial charge in [0.15, 0.2) is 11.5 Å². The molecule has 1 heterocycles. The van der Waals surface area contributed by atoms with Crippen molar-refractivity contribution in [3.05, 3.63) is 23.8 Å². The molecule has 1 aliphatic rings. The Morgan fingerprint density at radius 1 is 1.29 bits per heavy atom. The molecule has 0 aromatic heterocycles. The normalized spacial score (nSPS) is 16.2. The van der Waals surface area contributed by atoms with Crippen LogP contribution in [0.15, 0.2) is 18.2 Å². The number of fused-ring (bicyclic) bond motifs is 1. The molecule has 0 aliphatic carbocycles. The zero-order valence-corrected chi connectivity index (χ0v) is 9.06. The lowest BCUT2D eigenvalue weighted by Crippen LogP contribution is -2.30. The molecule has 14 heavy (non-hydrogen) atoms. The highest BCUT2D eigenvalue weighted by Gasteiger charge is 2.32. The molecule has 0 bridgehead atoms. The van der Waals surface area contributed by atoms with Crippen LogP contribution in [0.25, 0.3) is 0 Å². The van der Waals surface area contributed by atoms with Gasteiger partial charge in [0, 0.05) is 26.0 Å². The second-order valence-electron chi connectivity index (χ2n) is 3.55. The van der Waals surface area contributed by atoms with Crippen molar-refractivity contribution in [2.75, 3.05) is 0 Å². The monoisotopic (exact) mass is 215 g/mol. The van der Waals surface area contributed by atoms with Gasteiger partial charge in [-0.1, -0.05) is 12.1 Å². The minimum atomic E-state index is -0.562. The molecule has 0 saturated heterocycles. The summed E-state index contributed by atoms with van der Waals surface area (Å²) >= 11 is 0. The van der Waals surface area contributed by atoms with Gasteiger partial charge < -0.3 is 15.2 Å². The van der Waals surface area contributed by atoms with Crippen LogP contribution >= 0.6 is 12.4 Å². The molecule has 4 heteroatoms. The Morgan fingerprint density at radius 2 is 2.00 bits per heavy atom. The van der Waals surface area contributed by atoms with Crippen molar-refractivity contribution in [3.8, 4) is 11.5 Å². The number of nitrogens with two attached hydrogens (primary N) is 1. The number of halogens is 1. The molecule has 3 nitrogen and oxygen atoms in total. The highest BCUT2D eigenvalue weighted by Crippen LogP contribution is 2.41. The van der Waals surface area contributed by atoms with Crippen molar-refractivity contribution in [1.29, 1.82) is 0 Å². The summed E-state index contributed by atoms with van der Waals surface area (Å²) in [6.45, 7) is 4.24. The predicted octanol–water partition coefficient (Wildman–Crippen LogP) is 2.07. The molecular weight excluding hydrogens is 202 g/mol. The van der Waals surface area contributed by atoms with Crippen molar-refractivity contribution in [1.82, 2.24) is 0 Å². The topological polar surface area (TPSA) is 44.5 Å². The Morgan fingerprint density at radius 3 is 2.64 bits per heavy atom. The van der Waals surface area contributed by atoms with Gasteiger partial charge in [-0.15, -0.1) is 12.4 Å². The summed E-state index contributed by atoms with van der Waals surface area (Å²) < 4.78 is 11.2. The van der Waals surface area contributed by atoms with Crippen LogP contribution in [0, 0.1) is 0 Å². The Hall–Kier alpha value is -0.930. The number of ether oxygens (including phenoxy) is 2. The third kappa shape index (κ3) is 1.79. The second kappa shape index (κ2) is 3.67. The minimum Gasteiger partial charge on any atom is -0.449 e. The fourth-order valence-electron chi connectivity index (χ4n) is 1.45. The van der Waals surface area contributed by atoms with Gasteiger partial charge >= 0.3 is 0 Å². The maximum absolute atomic E-state index is 5.61. The fraction of sp³-hybridized carbons (Fsp3) is 0.400. The van der Waals surface area contributed by atoms with Crippen LogP contribution in [0.5, 0.6) is 11.5 Å². The average Bonchev–Trinajstić information content (AvgIpc) is 2.37. The number of para-hydroxylation sites is 1. The highest BCUT2D eigenvalue weighted by molar-refractivity contribution is 5.85. The third-order valence-electron chi connectivity index (χ3n) is 1.98. The van der Waals surface area contributed by atoms with Crippen LogP contribution in [0.3, 0.4) is 0 Å². The van der Waals surface area contributed by atoms with E-state index in [0.717, 1.165) is 17.1 Å². The van der Waals surface area contributed by atoms with E-state index in [4.69, 9.17) is 15.2 Å². The van der Waals surface area contributed by atoms with E-state index in [-0.39, 0.29) is 12.4 Å². The van der Waals surface area contributed by atoms with Crippen LogP contribution in [-0.4, -0.2) is 5.79 Å². The van der Waals surface area contributed by atoms with Crippen molar-refractivity contribution in [2.45, 2.75) is 26.2 Å². The second-order valence-corrected chi connectivity index (χ2v) is 3.55. The van der Waals surface area contributed by atoms with Gasteiger partial charge in [-0.25, -0.2) is 0 Å². The van der Waals surface area contributed by atoms with Gasteiger partial charge in [-0.3, -0.25) is 0 Å². The Bertz CT molecular complexity index is 339. The standard InChI is InChI=1S/C10H13NO2.ClH/c1-10(2)12-8-5-3-4-7(6-11)9(8)13-10;/h3-5H,6,11H2,1-2H3;1H. The lowest BCUT2D eigenvalue weighted by Gasteiger charge is -2.16. The molecule has 0 fully saturated rings. The zero-order valence-electron chi connectivity index (χ0n) is 8.24. The molecule has 1 aliphatic heterocycles. The van der Waals surface area contributed by atoms with Gasteiger partial charge in [0.1, 0.15) is 0 Å². The van der Waals surface area contributed by atoms with Crippen molar-refractivity contribution < 1.29 is 9.47 Å². The van der Waals surface area contributed by atoms with Gasteiger partial charge in [-0.2, -0.15) is 0 Å². The van der Waals surface area contributed by atoms with E-state index in [0.29, 0.717) is 6.54 Å². The summed E-state index contributed by atoms with van der Waals surface area (Å²) in [7, 11) is 0. The maximum Gasteiger partial charge on any atom is 0.246 e. The molecular formula is C10H14ClNO2. The fourth-order valence-corrected chi connectivity index (χ4v) is 1.45. The van der Waals surface area contributed by atoms with Gasteiger partial charge in [-0.05, 0) is 6.07 Å². The molecule has 0 atom stereocenters. The summed E-state index contributed by atoms with van der Waals surface area (Å²) in [5, 5.41) is 0. The van der Waals surface area contributed by atoms with E-state index in [2.05, 4.69) is 0 Å². The SMILES string of the molecule is CC1(C)Oc2cccc(CN)c2O1.Cl. The predicted molar refractivity (Wildman–Crippen MR) is 56.9 cm³/mol. The first-order valence-electron chi connectivity index (χ1n) is 4.32. The van der Waals surface area contributed by atoms with Crippen LogP contribution in [0.2, 0.25) is 0 Å². The largest absolute Gasteiger partial charge is 0.449 e. The Labute approximate surface area is 89.6 Å². The van der Waals surface area contributed by atoms with Crippen LogP contribution in [0.4, 0.5) is 0 Å². The van der Waals surface area contributed by atoms with Gasteiger partial charge in [0.25, 0.3) is 0 Å². The molecule has 0 radical (unpaired) electrons. The highest BCUT2D eigenvalue weighted by atomic mass is 35.5. The number of hydrogen-bond acceptors (Lipinski definition) is 3. The van der Waals surface area contributed by atoms with Crippen LogP contribution in [0.1, 0.15) is 19.4 Å². The van der Waals surface area contributed by atoms with E-state index in [1.54, 1.807) is 0 Å².